The van der Waals surface area contributed by atoms with E-state index in [1.54, 1.807) is 6.20 Å². The van der Waals surface area contributed by atoms with Crippen LogP contribution in [-0.2, 0) is 6.54 Å². The highest BCUT2D eigenvalue weighted by atomic mass is 16.5. The third kappa shape index (κ3) is 2.93. The molecular formula is C17H17N3O2. The number of nitrogens with one attached hydrogen (secondary N) is 2. The van der Waals surface area contributed by atoms with Crippen molar-refractivity contribution in [3.05, 3.63) is 59.9 Å². The van der Waals surface area contributed by atoms with Crippen molar-refractivity contribution in [3.63, 3.8) is 0 Å². The Kier molecular flexibility index (Phi) is 4.05. The standard InChI is InChI=1S/C17H17N3O2/c1-2-22-17-13(7-5-9-18-17)11-19-16(21)15-10-12-6-3-4-8-14(12)20-15/h3-10,20H,2,11H2,1H3,(H,19,21). The summed E-state index contributed by atoms with van der Waals surface area (Å²) in [4.78, 5) is 19.5. The molecule has 0 aliphatic heterocycles. The number of hydrogen-bond donors (Lipinski definition) is 2. The van der Waals surface area contributed by atoms with E-state index in [-0.39, 0.29) is 5.91 Å². The van der Waals surface area contributed by atoms with Crippen LogP contribution in [0.1, 0.15) is 23.0 Å². The van der Waals surface area contributed by atoms with Crippen molar-refractivity contribution in [2.24, 2.45) is 0 Å². The molecule has 0 fully saturated rings. The van der Waals surface area contributed by atoms with E-state index in [2.05, 4.69) is 15.3 Å². The van der Waals surface area contributed by atoms with Crippen LogP contribution in [-0.4, -0.2) is 22.5 Å². The average molecular weight is 295 g/mol. The number of aromatic nitrogens is 2. The highest BCUT2D eigenvalue weighted by Gasteiger charge is 2.10. The Morgan fingerprint density at radius 2 is 2.14 bits per heavy atom. The third-order valence-corrected chi connectivity index (χ3v) is 3.35. The largest absolute Gasteiger partial charge is 0.478 e. The van der Waals surface area contributed by atoms with Crippen LogP contribution < -0.4 is 10.1 Å². The van der Waals surface area contributed by atoms with Crippen molar-refractivity contribution in [1.29, 1.82) is 0 Å². The number of H-pyrrole nitrogens is 1. The van der Waals surface area contributed by atoms with Gasteiger partial charge in [-0.25, -0.2) is 4.98 Å². The lowest BCUT2D eigenvalue weighted by molar-refractivity contribution is 0.0946. The zero-order chi connectivity index (χ0) is 15.4. The Morgan fingerprint density at radius 3 is 2.95 bits per heavy atom. The fraction of sp³-hybridized carbons (Fsp3) is 0.176. The van der Waals surface area contributed by atoms with Crippen LogP contribution in [0.3, 0.4) is 0 Å². The summed E-state index contributed by atoms with van der Waals surface area (Å²) < 4.78 is 5.45. The zero-order valence-corrected chi connectivity index (χ0v) is 12.3. The lowest BCUT2D eigenvalue weighted by atomic mass is 10.2. The van der Waals surface area contributed by atoms with Crippen molar-refractivity contribution in [3.8, 4) is 5.88 Å². The van der Waals surface area contributed by atoms with Crippen LogP contribution in [0.4, 0.5) is 0 Å². The van der Waals surface area contributed by atoms with Crippen molar-refractivity contribution in [2.45, 2.75) is 13.5 Å². The van der Waals surface area contributed by atoms with Gasteiger partial charge in [-0.1, -0.05) is 24.3 Å². The van der Waals surface area contributed by atoms with Gasteiger partial charge >= 0.3 is 0 Å². The monoisotopic (exact) mass is 295 g/mol. The molecule has 0 aliphatic rings. The lowest BCUT2D eigenvalue weighted by Gasteiger charge is -2.09. The molecule has 5 nitrogen and oxygen atoms in total. The number of hydrogen-bond acceptors (Lipinski definition) is 3. The number of ether oxygens (including phenoxy) is 1. The van der Waals surface area contributed by atoms with Gasteiger partial charge in [-0.2, -0.15) is 0 Å². The number of carbonyl (C=O) groups excluding carboxylic acids is 1. The van der Waals surface area contributed by atoms with E-state index in [0.29, 0.717) is 24.7 Å². The first-order chi connectivity index (χ1) is 10.8. The number of rotatable bonds is 5. The Labute approximate surface area is 128 Å². The molecule has 0 bridgehead atoms. The normalized spacial score (nSPS) is 10.6. The minimum atomic E-state index is -0.150. The third-order valence-electron chi connectivity index (χ3n) is 3.35. The van der Waals surface area contributed by atoms with E-state index < -0.39 is 0 Å². The molecular weight excluding hydrogens is 278 g/mol. The topological polar surface area (TPSA) is 67.0 Å². The predicted molar refractivity (Wildman–Crippen MR) is 84.9 cm³/mol. The summed E-state index contributed by atoms with van der Waals surface area (Å²) in [5.74, 6) is 0.407. The van der Waals surface area contributed by atoms with Crippen molar-refractivity contribution >= 4 is 16.8 Å². The van der Waals surface area contributed by atoms with Crippen molar-refractivity contribution in [2.75, 3.05) is 6.61 Å². The first kappa shape index (κ1) is 14.1. The number of amides is 1. The minimum Gasteiger partial charge on any atom is -0.478 e. The molecule has 0 saturated heterocycles. The molecule has 0 spiro atoms. The summed E-state index contributed by atoms with van der Waals surface area (Å²) in [6.07, 6.45) is 1.67. The number of para-hydroxylation sites is 1. The van der Waals surface area contributed by atoms with Gasteiger partial charge < -0.3 is 15.0 Å². The van der Waals surface area contributed by atoms with Crippen molar-refractivity contribution in [1.82, 2.24) is 15.3 Å². The van der Waals surface area contributed by atoms with Gasteiger partial charge in [-0.05, 0) is 25.1 Å². The fourth-order valence-electron chi connectivity index (χ4n) is 2.29. The lowest BCUT2D eigenvalue weighted by Crippen LogP contribution is -2.23. The Hall–Kier alpha value is -2.82. The number of fused-ring (bicyclic) bond motifs is 1. The molecule has 0 atom stereocenters. The fourth-order valence-corrected chi connectivity index (χ4v) is 2.29. The molecule has 3 aromatic rings. The van der Waals surface area contributed by atoms with E-state index >= 15 is 0 Å². The molecule has 112 valence electrons. The van der Waals surface area contributed by atoms with Crippen LogP contribution in [0.25, 0.3) is 10.9 Å². The zero-order valence-electron chi connectivity index (χ0n) is 12.3. The first-order valence-corrected chi connectivity index (χ1v) is 7.20. The number of aromatic amines is 1. The van der Waals surface area contributed by atoms with Gasteiger partial charge in [-0.3, -0.25) is 4.79 Å². The number of carbonyl (C=O) groups is 1. The second-order valence-electron chi connectivity index (χ2n) is 4.85. The van der Waals surface area contributed by atoms with Gasteiger partial charge in [0.2, 0.25) is 5.88 Å². The highest BCUT2D eigenvalue weighted by molar-refractivity contribution is 5.97. The maximum Gasteiger partial charge on any atom is 0.267 e. The molecule has 22 heavy (non-hydrogen) atoms. The number of nitrogens with zero attached hydrogens (tertiary/aromatic N) is 1. The molecule has 0 saturated carbocycles. The molecule has 2 aromatic heterocycles. The molecule has 1 amide bonds. The summed E-state index contributed by atoms with van der Waals surface area (Å²) in [6.45, 7) is 2.82. The number of benzene rings is 1. The molecule has 0 radical (unpaired) electrons. The Morgan fingerprint density at radius 1 is 1.27 bits per heavy atom. The molecule has 0 unspecified atom stereocenters. The molecule has 5 heteroatoms. The van der Waals surface area contributed by atoms with Crippen LogP contribution in [0, 0.1) is 0 Å². The van der Waals surface area contributed by atoms with E-state index in [4.69, 9.17) is 4.74 Å². The molecule has 2 N–H and O–H groups in total. The van der Waals surface area contributed by atoms with Crippen LogP contribution >= 0.6 is 0 Å². The molecule has 2 heterocycles. The van der Waals surface area contributed by atoms with Crippen LogP contribution in [0.5, 0.6) is 5.88 Å². The van der Waals surface area contributed by atoms with Gasteiger partial charge in [-0.15, -0.1) is 0 Å². The van der Waals surface area contributed by atoms with E-state index in [0.717, 1.165) is 16.5 Å². The Bertz CT molecular complexity index is 762. The highest BCUT2D eigenvalue weighted by Crippen LogP contribution is 2.16. The second kappa shape index (κ2) is 6.30. The van der Waals surface area contributed by atoms with E-state index in [9.17, 15) is 4.79 Å². The average Bonchev–Trinajstić information content (AvgIpc) is 2.98. The van der Waals surface area contributed by atoms with Crippen molar-refractivity contribution < 1.29 is 9.53 Å². The quantitative estimate of drug-likeness (QED) is 0.760. The summed E-state index contributed by atoms with van der Waals surface area (Å²) in [6, 6.07) is 13.4. The minimum absolute atomic E-state index is 0.150. The van der Waals surface area contributed by atoms with E-state index in [1.807, 2.05) is 49.4 Å². The molecule has 3 rings (SSSR count). The number of pyridine rings is 1. The smallest absolute Gasteiger partial charge is 0.267 e. The summed E-state index contributed by atoms with van der Waals surface area (Å²) in [7, 11) is 0. The summed E-state index contributed by atoms with van der Waals surface area (Å²) >= 11 is 0. The van der Waals surface area contributed by atoms with Gasteiger partial charge in [0, 0.05) is 29.2 Å². The van der Waals surface area contributed by atoms with E-state index in [1.165, 1.54) is 0 Å². The first-order valence-electron chi connectivity index (χ1n) is 7.20. The SMILES string of the molecule is CCOc1ncccc1CNC(=O)c1cc2ccccc2[nH]1. The maximum atomic E-state index is 12.3. The maximum absolute atomic E-state index is 12.3. The second-order valence-corrected chi connectivity index (χ2v) is 4.85. The molecule has 1 aromatic carbocycles. The van der Waals surface area contributed by atoms with Gasteiger partial charge in [0.15, 0.2) is 0 Å². The van der Waals surface area contributed by atoms with Gasteiger partial charge in [0.05, 0.1) is 6.61 Å². The van der Waals surface area contributed by atoms with Crippen LogP contribution in [0.2, 0.25) is 0 Å². The van der Waals surface area contributed by atoms with Gasteiger partial charge in [0.1, 0.15) is 5.69 Å². The molecule has 0 aliphatic carbocycles. The van der Waals surface area contributed by atoms with Gasteiger partial charge in [0.25, 0.3) is 5.91 Å². The predicted octanol–water partition coefficient (Wildman–Crippen LogP) is 2.89. The van der Waals surface area contributed by atoms with Crippen LogP contribution in [0.15, 0.2) is 48.7 Å². The summed E-state index contributed by atoms with van der Waals surface area (Å²) in [5.41, 5.74) is 2.35. The Balaban J connectivity index is 1.72. The summed E-state index contributed by atoms with van der Waals surface area (Å²) in [5, 5.41) is 3.90.